The first kappa shape index (κ1) is 57.6. The van der Waals surface area contributed by atoms with E-state index in [0.29, 0.717) is 31.3 Å². The first-order chi connectivity index (χ1) is 27.9. The maximum Gasteiger partial charge on any atom is 0.407 e. The molecule has 344 valence electrons. The Kier molecular flexibility index (Phi) is 29.3. The third kappa shape index (κ3) is 26.6. The quantitative estimate of drug-likeness (QED) is 0.0466. The summed E-state index contributed by atoms with van der Waals surface area (Å²) in [7, 11) is 1.33. The van der Waals surface area contributed by atoms with E-state index in [2.05, 4.69) is 90.9 Å². The van der Waals surface area contributed by atoms with Crippen molar-refractivity contribution in [3.63, 3.8) is 0 Å². The summed E-state index contributed by atoms with van der Waals surface area (Å²) in [6.07, 6.45) is 16.0. The number of piperidine rings is 1. The van der Waals surface area contributed by atoms with Crippen LogP contribution in [0.5, 0.6) is 0 Å². The minimum absolute atomic E-state index is 0.00939. The minimum atomic E-state index is -0.538. The Morgan fingerprint density at radius 3 is 1.98 bits per heavy atom. The molecule has 0 saturated carbocycles. The van der Waals surface area contributed by atoms with Crippen LogP contribution in [0.25, 0.3) is 0 Å². The zero-order valence-corrected chi connectivity index (χ0v) is 39.5. The van der Waals surface area contributed by atoms with Gasteiger partial charge in [0.15, 0.2) is 5.78 Å². The van der Waals surface area contributed by atoms with Crippen LogP contribution in [0.2, 0.25) is 0 Å². The van der Waals surface area contributed by atoms with Crippen molar-refractivity contribution in [3.8, 4) is 0 Å². The van der Waals surface area contributed by atoms with Crippen molar-refractivity contribution in [3.05, 3.63) is 49.1 Å². The number of ketones is 1. The average Bonchev–Trinajstić information content (AvgIpc) is 3.60. The molecular weight excluding hydrogens is 763 g/mol. The van der Waals surface area contributed by atoms with Gasteiger partial charge in [-0.2, -0.15) is 0 Å². The molecule has 14 heteroatoms. The summed E-state index contributed by atoms with van der Waals surface area (Å²) in [4.78, 5) is 71.4. The van der Waals surface area contributed by atoms with Gasteiger partial charge in [0.1, 0.15) is 6.04 Å². The van der Waals surface area contributed by atoms with E-state index in [4.69, 9.17) is 0 Å². The van der Waals surface area contributed by atoms with Gasteiger partial charge in [-0.05, 0) is 87.8 Å². The normalized spacial score (nSPS) is 17.7. The van der Waals surface area contributed by atoms with Gasteiger partial charge in [-0.25, -0.2) is 9.59 Å². The van der Waals surface area contributed by atoms with Crippen molar-refractivity contribution in [1.82, 2.24) is 36.4 Å². The Labute approximate surface area is 363 Å². The fourth-order valence-corrected chi connectivity index (χ4v) is 6.07. The van der Waals surface area contributed by atoms with Gasteiger partial charge in [0.05, 0.1) is 13.2 Å². The largest absolute Gasteiger partial charge is 0.453 e. The van der Waals surface area contributed by atoms with Gasteiger partial charge in [-0.15, -0.1) is 6.58 Å². The maximum atomic E-state index is 13.3. The summed E-state index contributed by atoms with van der Waals surface area (Å²) >= 11 is 0. The van der Waals surface area contributed by atoms with Crippen molar-refractivity contribution in [2.24, 2.45) is 16.2 Å². The van der Waals surface area contributed by atoms with Gasteiger partial charge in [0.2, 0.25) is 18.7 Å². The van der Waals surface area contributed by atoms with Gasteiger partial charge in [0.25, 0.3) is 0 Å². The lowest BCUT2D eigenvalue weighted by atomic mass is 9.81. The van der Waals surface area contributed by atoms with E-state index in [9.17, 15) is 28.8 Å². The number of likely N-dealkylation sites (tertiary alicyclic amines) is 2. The van der Waals surface area contributed by atoms with Gasteiger partial charge < -0.3 is 41.1 Å². The fraction of sp³-hybridized carbons (Fsp3) is 0.696. The Bertz CT molecular complexity index is 1360. The third-order valence-corrected chi connectivity index (χ3v) is 10.2. The van der Waals surface area contributed by atoms with E-state index in [1.165, 1.54) is 26.9 Å². The highest BCUT2D eigenvalue weighted by Gasteiger charge is 2.39. The molecule has 2 saturated heterocycles. The van der Waals surface area contributed by atoms with Crippen LogP contribution in [0.1, 0.15) is 122 Å². The molecule has 60 heavy (non-hydrogen) atoms. The van der Waals surface area contributed by atoms with E-state index < -0.39 is 12.1 Å². The number of rotatable bonds is 17. The Balaban J connectivity index is 0. The summed E-state index contributed by atoms with van der Waals surface area (Å²) in [5.74, 6) is 0.0622. The number of alkyl carbamates (subject to hydrolysis) is 1. The number of ether oxygens (including phenoxy) is 1. The zero-order chi connectivity index (χ0) is 46.5. The predicted molar refractivity (Wildman–Crippen MR) is 244 cm³/mol. The highest BCUT2D eigenvalue weighted by molar-refractivity contribution is 5.88. The SMILES string of the molecule is C=C(/C=C\C=C/C)CNC(=O)OC.C=CCNC=O.CC1CCCN1C(=O)C(NC(=O)NC(CN1CCC(C)(C)CC1)C(C)(C)C)C(C)(C)C.CCCC(NC=O)C(C)=O. The van der Waals surface area contributed by atoms with Gasteiger partial charge in [-0.3, -0.25) is 19.2 Å². The highest BCUT2D eigenvalue weighted by Crippen LogP contribution is 2.31. The monoisotopic (exact) mass is 846 g/mol. The van der Waals surface area contributed by atoms with Crippen molar-refractivity contribution in [2.45, 2.75) is 146 Å². The summed E-state index contributed by atoms with van der Waals surface area (Å²) in [6, 6.07) is -0.799. The number of nitrogens with one attached hydrogen (secondary N) is 5. The molecule has 0 aliphatic carbocycles. The Morgan fingerprint density at radius 1 is 0.950 bits per heavy atom. The van der Waals surface area contributed by atoms with Crippen LogP contribution in [0.15, 0.2) is 49.1 Å². The van der Waals surface area contributed by atoms with Crippen molar-refractivity contribution in [1.29, 1.82) is 0 Å². The summed E-state index contributed by atoms with van der Waals surface area (Å²) in [5.41, 5.74) is 0.802. The molecule has 5 N–H and O–H groups in total. The molecule has 4 atom stereocenters. The second-order valence-corrected chi connectivity index (χ2v) is 18.3. The van der Waals surface area contributed by atoms with E-state index in [1.807, 2.05) is 63.8 Å². The molecule has 6 amide bonds. The molecule has 0 spiro atoms. The number of carbonyl (C=O) groups excluding carboxylic acids is 6. The molecular formula is C46H83N7O7. The van der Waals surface area contributed by atoms with Crippen LogP contribution in [-0.4, -0.2) is 117 Å². The number of urea groups is 1. The second kappa shape index (κ2) is 30.5. The lowest BCUT2D eigenvalue weighted by Gasteiger charge is -2.41. The molecule has 2 fully saturated rings. The first-order valence-electron chi connectivity index (χ1n) is 21.3. The zero-order valence-electron chi connectivity index (χ0n) is 39.5. The smallest absolute Gasteiger partial charge is 0.407 e. The molecule has 2 aliphatic heterocycles. The molecule has 0 aromatic carbocycles. The van der Waals surface area contributed by atoms with Crippen LogP contribution in [0, 0.1) is 16.2 Å². The van der Waals surface area contributed by atoms with E-state index >= 15 is 0 Å². The van der Waals surface area contributed by atoms with E-state index in [1.54, 1.807) is 6.08 Å². The number of nitrogens with zero attached hydrogens (tertiary/aromatic N) is 2. The number of Topliss-reactive ketones (excluding diaryl/α,β-unsaturated/α-hetero) is 1. The molecule has 2 rings (SSSR count). The predicted octanol–water partition coefficient (Wildman–Crippen LogP) is 6.69. The number of amides is 6. The van der Waals surface area contributed by atoms with Crippen LogP contribution in [0.4, 0.5) is 9.59 Å². The molecule has 0 aromatic rings. The highest BCUT2D eigenvalue weighted by atomic mass is 16.5. The maximum absolute atomic E-state index is 13.3. The molecule has 4 unspecified atom stereocenters. The number of allylic oxidation sites excluding steroid dienone is 3. The van der Waals surface area contributed by atoms with Gasteiger partial charge >= 0.3 is 12.1 Å². The molecule has 2 heterocycles. The minimum Gasteiger partial charge on any atom is -0.453 e. The van der Waals surface area contributed by atoms with Crippen LogP contribution < -0.4 is 26.6 Å². The van der Waals surface area contributed by atoms with E-state index in [-0.39, 0.29) is 46.7 Å². The number of methoxy groups -OCH3 is 1. The van der Waals surface area contributed by atoms with E-state index in [0.717, 1.165) is 57.4 Å². The van der Waals surface area contributed by atoms with Crippen molar-refractivity contribution in [2.75, 3.05) is 46.4 Å². The van der Waals surface area contributed by atoms with Crippen molar-refractivity contribution < 1.29 is 33.5 Å². The van der Waals surface area contributed by atoms with Gasteiger partial charge in [0, 0.05) is 38.3 Å². The van der Waals surface area contributed by atoms with Gasteiger partial charge in [-0.1, -0.05) is 106 Å². The lowest BCUT2D eigenvalue weighted by molar-refractivity contribution is -0.136. The molecule has 2 aliphatic rings. The van der Waals surface area contributed by atoms with Crippen LogP contribution in [0.3, 0.4) is 0 Å². The first-order valence-corrected chi connectivity index (χ1v) is 21.3. The standard InChI is InChI=1S/C25H48N4O2.C10H15NO2.C7H13NO2.C4H7NO/c1-18-11-10-14-29(18)21(30)20(24(5,6)7)27-22(31)26-19(23(2,3)4)17-28-15-12-25(8,9)13-16-28;1-4-5-6-7-9(2)8-11-10(12)13-3;1-3-4-7(6(2)10)8-5-9;1-2-3-5-4-6/h18-20H,10-17H2,1-9H3,(H2,26,27,31);4-7H,2,8H2,1,3H3,(H,11,12);5,7H,3-4H2,1-2H3,(H,8,9);2,4H,1,3H2,(H,5,6)/b;5-4-,7-6-;;. The average molecular weight is 846 g/mol. The van der Waals surface area contributed by atoms with Crippen LogP contribution >= 0.6 is 0 Å². The molecule has 0 bridgehead atoms. The second-order valence-electron chi connectivity index (χ2n) is 18.3. The van der Waals surface area contributed by atoms with Crippen molar-refractivity contribution >= 4 is 36.6 Å². The summed E-state index contributed by atoms with van der Waals surface area (Å²) in [5, 5.41) is 13.6. The summed E-state index contributed by atoms with van der Waals surface area (Å²) in [6.45, 7) is 36.6. The third-order valence-electron chi connectivity index (χ3n) is 10.2. The molecule has 14 nitrogen and oxygen atoms in total. The number of hydrogen-bond donors (Lipinski definition) is 5. The fourth-order valence-electron chi connectivity index (χ4n) is 6.07. The Morgan fingerprint density at radius 2 is 1.57 bits per heavy atom. The Hall–Kier alpha value is -4.46. The topological polar surface area (TPSA) is 178 Å². The lowest BCUT2D eigenvalue weighted by Crippen LogP contribution is -2.60. The molecule has 0 aromatic heterocycles. The number of carbonyl (C=O) groups is 6. The molecule has 0 radical (unpaired) electrons. The summed E-state index contributed by atoms with van der Waals surface area (Å²) < 4.78 is 4.40. The van der Waals surface area contributed by atoms with Crippen LogP contribution in [-0.2, 0) is 23.9 Å². The number of hydrogen-bond acceptors (Lipinski definition) is 8.